The van der Waals surface area contributed by atoms with E-state index in [0.717, 1.165) is 16.5 Å². The van der Waals surface area contributed by atoms with E-state index < -0.39 is 5.91 Å². The first-order chi connectivity index (χ1) is 16.5. The maximum atomic E-state index is 13.7. The Morgan fingerprint density at radius 2 is 1.41 bits per heavy atom. The van der Waals surface area contributed by atoms with E-state index in [0.29, 0.717) is 22.6 Å². The first-order valence-electron chi connectivity index (χ1n) is 11.2. The number of rotatable bonds is 6. The van der Waals surface area contributed by atoms with Crippen molar-refractivity contribution < 1.29 is 14.3 Å². The smallest absolute Gasteiger partial charge is 0.282 e. The minimum absolute atomic E-state index is 0.0312. The van der Waals surface area contributed by atoms with Crippen molar-refractivity contribution in [1.29, 1.82) is 0 Å². The van der Waals surface area contributed by atoms with Crippen LogP contribution in [0.1, 0.15) is 19.4 Å². The van der Waals surface area contributed by atoms with Crippen molar-refractivity contribution >= 4 is 39.5 Å². The van der Waals surface area contributed by atoms with Gasteiger partial charge in [0.25, 0.3) is 11.8 Å². The maximum Gasteiger partial charge on any atom is 0.282 e. The molecular formula is C29H24N2O3. The lowest BCUT2D eigenvalue weighted by Crippen LogP contribution is -2.32. The van der Waals surface area contributed by atoms with E-state index in [1.165, 1.54) is 4.90 Å². The molecule has 5 nitrogen and oxygen atoms in total. The number of nitrogens with zero attached hydrogens (tertiary/aromatic N) is 1. The third-order valence-corrected chi connectivity index (χ3v) is 5.66. The molecule has 1 aliphatic heterocycles. The molecular weight excluding hydrogens is 424 g/mol. The van der Waals surface area contributed by atoms with Crippen molar-refractivity contribution in [3.05, 3.63) is 108 Å². The van der Waals surface area contributed by atoms with Crippen LogP contribution in [-0.2, 0) is 9.59 Å². The number of amides is 2. The lowest BCUT2D eigenvalue weighted by Gasteiger charge is -2.17. The van der Waals surface area contributed by atoms with Crippen molar-refractivity contribution in [2.24, 2.45) is 0 Å². The van der Waals surface area contributed by atoms with Crippen LogP contribution >= 0.6 is 0 Å². The molecule has 1 aliphatic rings. The van der Waals surface area contributed by atoms with Crippen LogP contribution in [0, 0.1) is 0 Å². The Hall–Kier alpha value is -4.38. The van der Waals surface area contributed by atoms with Crippen LogP contribution in [0.2, 0.25) is 0 Å². The summed E-state index contributed by atoms with van der Waals surface area (Å²) in [6.07, 6.45) is 0.0312. The van der Waals surface area contributed by atoms with E-state index in [4.69, 9.17) is 4.74 Å². The van der Waals surface area contributed by atoms with E-state index in [9.17, 15) is 9.59 Å². The molecule has 0 aliphatic carbocycles. The van der Waals surface area contributed by atoms with Gasteiger partial charge in [0, 0.05) is 11.1 Å². The van der Waals surface area contributed by atoms with Gasteiger partial charge >= 0.3 is 0 Å². The zero-order valence-corrected chi connectivity index (χ0v) is 19.0. The van der Waals surface area contributed by atoms with Crippen molar-refractivity contribution in [2.75, 3.05) is 10.2 Å². The predicted octanol–water partition coefficient (Wildman–Crippen LogP) is 6.02. The van der Waals surface area contributed by atoms with Gasteiger partial charge in [0.15, 0.2) is 0 Å². The number of carbonyl (C=O) groups excluding carboxylic acids is 2. The second-order valence-corrected chi connectivity index (χ2v) is 8.37. The van der Waals surface area contributed by atoms with Crippen LogP contribution < -0.4 is 15.0 Å². The summed E-state index contributed by atoms with van der Waals surface area (Å²) < 4.78 is 5.71. The summed E-state index contributed by atoms with van der Waals surface area (Å²) in [4.78, 5) is 28.5. The molecule has 4 aromatic rings. The van der Waals surface area contributed by atoms with Crippen molar-refractivity contribution in [3.8, 4) is 5.75 Å². The van der Waals surface area contributed by atoms with Gasteiger partial charge in [-0.3, -0.25) is 9.59 Å². The predicted molar refractivity (Wildman–Crippen MR) is 136 cm³/mol. The zero-order valence-electron chi connectivity index (χ0n) is 19.0. The highest BCUT2D eigenvalue weighted by Gasteiger charge is 2.40. The van der Waals surface area contributed by atoms with Crippen LogP contribution in [-0.4, -0.2) is 17.9 Å². The second-order valence-electron chi connectivity index (χ2n) is 8.37. The van der Waals surface area contributed by atoms with Gasteiger partial charge in [-0.1, -0.05) is 66.7 Å². The molecule has 0 bridgehead atoms. The highest BCUT2D eigenvalue weighted by Crippen LogP contribution is 2.35. The van der Waals surface area contributed by atoms with E-state index in [2.05, 4.69) is 5.32 Å². The summed E-state index contributed by atoms with van der Waals surface area (Å²) in [6, 6.07) is 30.1. The molecule has 5 heteroatoms. The molecule has 34 heavy (non-hydrogen) atoms. The Balaban J connectivity index is 1.58. The molecule has 5 rings (SSSR count). The number of nitrogens with one attached hydrogen (secondary N) is 1. The molecule has 4 aromatic carbocycles. The van der Waals surface area contributed by atoms with Crippen molar-refractivity contribution in [3.63, 3.8) is 0 Å². The highest BCUT2D eigenvalue weighted by atomic mass is 16.5. The molecule has 1 N–H and O–H groups in total. The van der Waals surface area contributed by atoms with Crippen LogP contribution in [0.25, 0.3) is 16.3 Å². The molecule has 0 fully saturated rings. The van der Waals surface area contributed by atoms with Crippen LogP contribution in [0.5, 0.6) is 5.75 Å². The average Bonchev–Trinajstić information content (AvgIpc) is 3.09. The third-order valence-electron chi connectivity index (χ3n) is 5.66. The quantitative estimate of drug-likeness (QED) is 0.366. The normalized spacial score (nSPS) is 13.8. The largest absolute Gasteiger partial charge is 0.491 e. The molecule has 0 aromatic heterocycles. The molecule has 1 heterocycles. The Morgan fingerprint density at radius 1 is 0.735 bits per heavy atom. The molecule has 0 saturated heterocycles. The highest BCUT2D eigenvalue weighted by molar-refractivity contribution is 6.46. The molecule has 2 amide bonds. The topological polar surface area (TPSA) is 58.6 Å². The first kappa shape index (κ1) is 21.5. The Bertz CT molecular complexity index is 1400. The van der Waals surface area contributed by atoms with Gasteiger partial charge in [-0.15, -0.1) is 0 Å². The molecule has 0 spiro atoms. The average molecular weight is 449 g/mol. The molecule has 0 atom stereocenters. The molecule has 168 valence electrons. The summed E-state index contributed by atoms with van der Waals surface area (Å²) in [5.74, 6) is -0.0750. The van der Waals surface area contributed by atoms with Crippen LogP contribution in [0.15, 0.2) is 103 Å². The van der Waals surface area contributed by atoms with Gasteiger partial charge in [0.2, 0.25) is 0 Å². The summed E-state index contributed by atoms with van der Waals surface area (Å²) in [5, 5.41) is 5.31. The summed E-state index contributed by atoms with van der Waals surface area (Å²) >= 11 is 0. The fourth-order valence-electron chi connectivity index (χ4n) is 4.17. The van der Waals surface area contributed by atoms with Crippen LogP contribution in [0.3, 0.4) is 0 Å². The summed E-state index contributed by atoms with van der Waals surface area (Å²) in [5.41, 5.74) is 2.56. The number of carbonyl (C=O) groups is 2. The lowest BCUT2D eigenvalue weighted by molar-refractivity contribution is -0.120. The van der Waals surface area contributed by atoms with Crippen molar-refractivity contribution in [1.82, 2.24) is 0 Å². The third kappa shape index (κ3) is 3.92. The SMILES string of the molecule is CC(C)Oc1ccc(N2C(=O)C(Nc3cccc4ccccc34)=C(c3ccccc3)C2=O)cc1. The van der Waals surface area contributed by atoms with Gasteiger partial charge in [-0.05, 0) is 55.1 Å². The zero-order chi connectivity index (χ0) is 23.7. The van der Waals surface area contributed by atoms with Gasteiger partial charge in [0.05, 0.1) is 17.4 Å². The van der Waals surface area contributed by atoms with Crippen LogP contribution in [0.4, 0.5) is 11.4 Å². The number of imide groups is 1. The molecule has 0 saturated carbocycles. The number of ether oxygens (including phenoxy) is 1. The fourth-order valence-corrected chi connectivity index (χ4v) is 4.17. The molecule has 0 unspecified atom stereocenters. The van der Waals surface area contributed by atoms with Crippen molar-refractivity contribution in [2.45, 2.75) is 20.0 Å². The molecule has 0 radical (unpaired) electrons. The van der Waals surface area contributed by atoms with E-state index in [1.54, 1.807) is 24.3 Å². The number of hydrogen-bond donors (Lipinski definition) is 1. The van der Waals surface area contributed by atoms with Gasteiger partial charge in [-0.25, -0.2) is 4.90 Å². The standard InChI is InChI=1S/C29H24N2O3/c1-19(2)34-23-17-15-22(16-18-23)31-28(32)26(21-10-4-3-5-11-21)27(29(31)33)30-25-14-8-12-20-9-6-7-13-24(20)25/h3-19,30H,1-2H3. The number of fused-ring (bicyclic) bond motifs is 1. The number of anilines is 2. The Morgan fingerprint density at radius 3 is 2.15 bits per heavy atom. The first-order valence-corrected chi connectivity index (χ1v) is 11.2. The number of benzene rings is 4. The second kappa shape index (κ2) is 8.87. The van der Waals surface area contributed by atoms with Gasteiger partial charge in [0.1, 0.15) is 11.4 Å². The number of hydrogen-bond acceptors (Lipinski definition) is 4. The van der Waals surface area contributed by atoms with E-state index in [1.807, 2.05) is 86.6 Å². The Kier molecular flexibility index (Phi) is 5.60. The summed E-state index contributed by atoms with van der Waals surface area (Å²) in [6.45, 7) is 3.89. The minimum Gasteiger partial charge on any atom is -0.491 e. The van der Waals surface area contributed by atoms with Gasteiger partial charge < -0.3 is 10.1 Å². The lowest BCUT2D eigenvalue weighted by atomic mass is 10.0. The van der Waals surface area contributed by atoms with E-state index in [-0.39, 0.29) is 17.7 Å². The van der Waals surface area contributed by atoms with E-state index >= 15 is 0 Å². The minimum atomic E-state index is -0.394. The summed E-state index contributed by atoms with van der Waals surface area (Å²) in [7, 11) is 0. The van der Waals surface area contributed by atoms with Gasteiger partial charge in [-0.2, -0.15) is 0 Å². The maximum absolute atomic E-state index is 13.7. The fraction of sp³-hybridized carbons (Fsp3) is 0.103. The monoisotopic (exact) mass is 448 g/mol. The Labute approximate surface area is 198 Å².